The number of amides is 1. The Morgan fingerprint density at radius 1 is 1.30 bits per heavy atom. The zero-order valence-electron chi connectivity index (χ0n) is 10.8. The third kappa shape index (κ3) is 3.55. The van der Waals surface area contributed by atoms with Gasteiger partial charge in [0, 0.05) is 11.8 Å². The van der Waals surface area contributed by atoms with E-state index in [1.54, 1.807) is 11.4 Å². The minimum absolute atomic E-state index is 0.240. The van der Waals surface area contributed by atoms with Crippen LogP contribution in [0, 0.1) is 6.92 Å². The first-order chi connectivity index (χ1) is 9.56. The van der Waals surface area contributed by atoms with Crippen molar-refractivity contribution in [3.05, 3.63) is 57.8 Å². The lowest BCUT2D eigenvalue weighted by molar-refractivity contribution is -0.131. The zero-order chi connectivity index (χ0) is 14.5. The van der Waals surface area contributed by atoms with Crippen LogP contribution in [0.2, 0.25) is 0 Å². The lowest BCUT2D eigenvalue weighted by atomic mass is 10.2. The number of carboxylic acid groups (broad SMARTS) is 1. The van der Waals surface area contributed by atoms with Gasteiger partial charge >= 0.3 is 5.97 Å². The number of hydrogen-bond donors (Lipinski definition) is 2. The minimum atomic E-state index is -1.04. The lowest BCUT2D eigenvalue weighted by Gasteiger charge is -2.05. The second-order valence-electron chi connectivity index (χ2n) is 4.20. The number of carboxylic acids is 1. The molecule has 0 saturated carbocycles. The average molecular weight is 287 g/mol. The largest absolute Gasteiger partial charge is 0.478 e. The number of carbonyl (C=O) groups excluding carboxylic acids is 1. The van der Waals surface area contributed by atoms with Crippen molar-refractivity contribution in [3.8, 4) is 0 Å². The summed E-state index contributed by atoms with van der Waals surface area (Å²) in [5.74, 6) is -1.28. The Balaban J connectivity index is 2.18. The zero-order valence-corrected chi connectivity index (χ0v) is 11.6. The second kappa shape index (κ2) is 6.16. The van der Waals surface area contributed by atoms with Crippen LogP contribution >= 0.6 is 11.3 Å². The van der Waals surface area contributed by atoms with E-state index in [1.165, 1.54) is 17.4 Å². The summed E-state index contributed by atoms with van der Waals surface area (Å²) in [6, 6.07) is 9.21. The van der Waals surface area contributed by atoms with Crippen LogP contribution in [-0.4, -0.2) is 17.0 Å². The summed E-state index contributed by atoms with van der Waals surface area (Å²) in [5, 5.41) is 13.2. The number of hydrogen-bond acceptors (Lipinski definition) is 3. The van der Waals surface area contributed by atoms with Crippen LogP contribution < -0.4 is 5.32 Å². The topological polar surface area (TPSA) is 66.4 Å². The number of aliphatic carboxylic acids is 1. The highest BCUT2D eigenvalue weighted by molar-refractivity contribution is 7.12. The van der Waals surface area contributed by atoms with Gasteiger partial charge in [-0.05, 0) is 47.7 Å². The Morgan fingerprint density at radius 2 is 2.10 bits per heavy atom. The van der Waals surface area contributed by atoms with Crippen LogP contribution in [0.25, 0.3) is 6.08 Å². The van der Waals surface area contributed by atoms with Gasteiger partial charge in [-0.3, -0.25) is 4.79 Å². The number of benzene rings is 1. The van der Waals surface area contributed by atoms with Crippen molar-refractivity contribution in [3.63, 3.8) is 0 Å². The maximum Gasteiger partial charge on any atom is 0.328 e. The highest BCUT2D eigenvalue weighted by Crippen LogP contribution is 2.20. The number of nitrogens with one attached hydrogen (secondary N) is 1. The van der Waals surface area contributed by atoms with Gasteiger partial charge in [-0.25, -0.2) is 4.79 Å². The fourth-order valence-corrected chi connectivity index (χ4v) is 2.49. The molecule has 0 aliphatic rings. The molecule has 2 N–H and O–H groups in total. The third-order valence-electron chi connectivity index (χ3n) is 2.58. The number of anilines is 1. The fraction of sp³-hybridized carbons (Fsp3) is 0.0667. The van der Waals surface area contributed by atoms with Gasteiger partial charge in [0.05, 0.1) is 4.88 Å². The molecule has 0 spiro atoms. The second-order valence-corrected chi connectivity index (χ2v) is 5.12. The van der Waals surface area contributed by atoms with Crippen LogP contribution in [0.3, 0.4) is 0 Å². The van der Waals surface area contributed by atoms with Crippen molar-refractivity contribution < 1.29 is 14.7 Å². The minimum Gasteiger partial charge on any atom is -0.478 e. The molecule has 0 radical (unpaired) electrons. The molecular weight excluding hydrogens is 274 g/mol. The molecule has 0 unspecified atom stereocenters. The lowest BCUT2D eigenvalue weighted by Crippen LogP contribution is -2.11. The molecule has 1 aromatic heterocycles. The molecule has 0 atom stereocenters. The Kier molecular flexibility index (Phi) is 4.32. The van der Waals surface area contributed by atoms with Crippen molar-refractivity contribution >= 4 is 35.0 Å². The summed E-state index contributed by atoms with van der Waals surface area (Å²) < 4.78 is 0. The maximum atomic E-state index is 12.2. The predicted octanol–water partition coefficient (Wildman–Crippen LogP) is 3.41. The summed E-state index contributed by atoms with van der Waals surface area (Å²) in [5.41, 5.74) is 2.37. The Labute approximate surface area is 120 Å². The Morgan fingerprint density at radius 3 is 2.80 bits per heavy atom. The van der Waals surface area contributed by atoms with Gasteiger partial charge in [0.25, 0.3) is 5.91 Å². The number of carbonyl (C=O) groups is 2. The number of rotatable bonds is 4. The first-order valence-electron chi connectivity index (χ1n) is 5.93. The summed E-state index contributed by atoms with van der Waals surface area (Å²) in [7, 11) is 0. The third-order valence-corrected chi connectivity index (χ3v) is 3.51. The SMILES string of the molecule is Cc1cccc(NC(=O)c2sccc2C=CC(=O)O)c1. The summed E-state index contributed by atoms with van der Waals surface area (Å²) in [6.07, 6.45) is 2.44. The van der Waals surface area contributed by atoms with Gasteiger partial charge in [-0.2, -0.15) is 0 Å². The predicted molar refractivity (Wildman–Crippen MR) is 80.1 cm³/mol. The Bertz CT molecular complexity index is 673. The molecule has 1 aromatic carbocycles. The molecule has 1 heterocycles. The van der Waals surface area contributed by atoms with E-state index in [4.69, 9.17) is 5.11 Å². The highest BCUT2D eigenvalue weighted by Gasteiger charge is 2.12. The van der Waals surface area contributed by atoms with Gasteiger partial charge in [-0.1, -0.05) is 12.1 Å². The summed E-state index contributed by atoms with van der Waals surface area (Å²) in [6.45, 7) is 1.95. The van der Waals surface area contributed by atoms with Crippen LogP contribution in [0.15, 0.2) is 41.8 Å². The van der Waals surface area contributed by atoms with Crippen molar-refractivity contribution in [1.82, 2.24) is 0 Å². The van der Waals surface area contributed by atoms with Gasteiger partial charge in [-0.15, -0.1) is 11.3 Å². The van der Waals surface area contributed by atoms with Crippen molar-refractivity contribution in [1.29, 1.82) is 0 Å². The fourth-order valence-electron chi connectivity index (χ4n) is 1.71. The van der Waals surface area contributed by atoms with Crippen LogP contribution in [0.4, 0.5) is 5.69 Å². The molecule has 102 valence electrons. The molecule has 2 rings (SSSR count). The van der Waals surface area contributed by atoms with E-state index >= 15 is 0 Å². The number of thiophene rings is 1. The molecule has 20 heavy (non-hydrogen) atoms. The molecule has 2 aromatic rings. The van der Waals surface area contributed by atoms with E-state index in [2.05, 4.69) is 5.32 Å². The van der Waals surface area contributed by atoms with E-state index < -0.39 is 5.97 Å². The monoisotopic (exact) mass is 287 g/mol. The molecule has 0 aliphatic heterocycles. The smallest absolute Gasteiger partial charge is 0.328 e. The molecule has 0 fully saturated rings. The summed E-state index contributed by atoms with van der Waals surface area (Å²) >= 11 is 1.28. The van der Waals surface area contributed by atoms with E-state index in [0.29, 0.717) is 10.4 Å². The van der Waals surface area contributed by atoms with Gasteiger partial charge in [0.1, 0.15) is 0 Å². The molecule has 1 amide bonds. The van der Waals surface area contributed by atoms with Crippen LogP contribution in [-0.2, 0) is 4.79 Å². The average Bonchev–Trinajstić information content (AvgIpc) is 2.84. The van der Waals surface area contributed by atoms with Crippen molar-refractivity contribution in [2.24, 2.45) is 0 Å². The molecule has 0 bridgehead atoms. The van der Waals surface area contributed by atoms with Gasteiger partial charge in [0.2, 0.25) is 0 Å². The van der Waals surface area contributed by atoms with Crippen molar-refractivity contribution in [2.45, 2.75) is 6.92 Å². The van der Waals surface area contributed by atoms with E-state index in [9.17, 15) is 9.59 Å². The normalized spacial score (nSPS) is 10.7. The first-order valence-corrected chi connectivity index (χ1v) is 6.81. The van der Waals surface area contributed by atoms with Gasteiger partial charge in [0.15, 0.2) is 0 Å². The molecule has 0 saturated heterocycles. The van der Waals surface area contributed by atoms with E-state index in [1.807, 2.05) is 31.2 Å². The standard InChI is InChI=1S/C15H13NO3S/c1-10-3-2-4-12(9-10)16-15(19)14-11(7-8-20-14)5-6-13(17)18/h2-9H,1H3,(H,16,19)(H,17,18). The van der Waals surface area contributed by atoms with E-state index in [0.717, 1.165) is 17.3 Å². The van der Waals surface area contributed by atoms with Gasteiger partial charge < -0.3 is 10.4 Å². The molecular formula is C15H13NO3S. The number of aryl methyl sites for hydroxylation is 1. The van der Waals surface area contributed by atoms with Crippen LogP contribution in [0.1, 0.15) is 20.8 Å². The quantitative estimate of drug-likeness (QED) is 0.847. The highest BCUT2D eigenvalue weighted by atomic mass is 32.1. The van der Waals surface area contributed by atoms with Crippen molar-refractivity contribution in [2.75, 3.05) is 5.32 Å². The molecule has 0 aliphatic carbocycles. The Hall–Kier alpha value is -2.40. The molecule has 5 heteroatoms. The molecule has 4 nitrogen and oxygen atoms in total. The van der Waals surface area contributed by atoms with E-state index in [-0.39, 0.29) is 5.91 Å². The summed E-state index contributed by atoms with van der Waals surface area (Å²) in [4.78, 5) is 23.2. The van der Waals surface area contributed by atoms with Crippen LogP contribution in [0.5, 0.6) is 0 Å². The maximum absolute atomic E-state index is 12.2. The first kappa shape index (κ1) is 14.0.